The lowest BCUT2D eigenvalue weighted by molar-refractivity contribution is 0.0538. The van der Waals surface area contributed by atoms with Gasteiger partial charge in [-0.3, -0.25) is 4.79 Å². The second-order valence-corrected chi connectivity index (χ2v) is 10.9. The molecule has 0 spiro atoms. The van der Waals surface area contributed by atoms with Crippen LogP contribution in [0.3, 0.4) is 0 Å². The van der Waals surface area contributed by atoms with Crippen molar-refractivity contribution in [2.45, 2.75) is 64.1 Å². The molecule has 1 amide bonds. The van der Waals surface area contributed by atoms with Crippen LogP contribution in [0, 0.1) is 12.7 Å². The number of aromatic nitrogens is 2. The highest BCUT2D eigenvalue weighted by Crippen LogP contribution is 2.37. The quantitative estimate of drug-likeness (QED) is 0.345. The Kier molecular flexibility index (Phi) is 8.17. The summed E-state index contributed by atoms with van der Waals surface area (Å²) >= 11 is 1.34. The molecule has 0 unspecified atom stereocenters. The predicted molar refractivity (Wildman–Crippen MR) is 143 cm³/mol. The third-order valence-electron chi connectivity index (χ3n) is 7.16. The summed E-state index contributed by atoms with van der Waals surface area (Å²) < 4.78 is 20.2. The van der Waals surface area contributed by atoms with Gasteiger partial charge in [-0.05, 0) is 82.8 Å². The molecule has 3 heterocycles. The first-order valence-corrected chi connectivity index (χ1v) is 14.0. The smallest absolute Gasteiger partial charge is 0.261 e. The zero-order valence-electron chi connectivity index (χ0n) is 21.1. The summed E-state index contributed by atoms with van der Waals surface area (Å²) in [6.07, 6.45) is 7.29. The van der Waals surface area contributed by atoms with Crippen molar-refractivity contribution in [1.82, 2.24) is 20.2 Å². The van der Waals surface area contributed by atoms with Gasteiger partial charge in [-0.2, -0.15) is 0 Å². The van der Waals surface area contributed by atoms with E-state index in [2.05, 4.69) is 25.5 Å². The third-order valence-corrected chi connectivity index (χ3v) is 8.36. The number of aryl methyl sites for hydroxylation is 1. The number of thiophene rings is 1. The summed E-state index contributed by atoms with van der Waals surface area (Å²) in [4.78, 5) is 25.6. The largest absolute Gasteiger partial charge is 0.488 e. The second-order valence-electron chi connectivity index (χ2n) is 9.94. The van der Waals surface area contributed by atoms with Gasteiger partial charge < -0.3 is 25.4 Å². The lowest BCUT2D eigenvalue weighted by atomic mass is 9.95. The highest BCUT2D eigenvalue weighted by molar-refractivity contribution is 7.20. The SMILES string of the molecule is Cc1c(C(=O)NCCCN2CCCC2)sc2ncnc(Nc3ccc(F)cc3O[C@H]3CCC[C@H](O)C3)c12. The topological polar surface area (TPSA) is 99.6 Å². The predicted octanol–water partition coefficient (Wildman–Crippen LogP) is 4.78. The van der Waals surface area contributed by atoms with E-state index in [1.165, 1.54) is 42.6 Å². The summed E-state index contributed by atoms with van der Waals surface area (Å²) in [6, 6.07) is 4.33. The Balaban J connectivity index is 1.31. The van der Waals surface area contributed by atoms with Crippen LogP contribution in [-0.2, 0) is 0 Å². The van der Waals surface area contributed by atoms with Gasteiger partial charge in [-0.25, -0.2) is 14.4 Å². The maximum absolute atomic E-state index is 14.1. The number of fused-ring (bicyclic) bond motifs is 1. The Bertz CT molecular complexity index is 1250. The summed E-state index contributed by atoms with van der Waals surface area (Å²) in [7, 11) is 0. The molecule has 0 bridgehead atoms. The van der Waals surface area contributed by atoms with E-state index in [4.69, 9.17) is 4.74 Å². The van der Waals surface area contributed by atoms with Gasteiger partial charge in [-0.1, -0.05) is 0 Å². The van der Waals surface area contributed by atoms with Gasteiger partial charge in [0, 0.05) is 19.0 Å². The van der Waals surface area contributed by atoms with Crippen molar-refractivity contribution in [2.24, 2.45) is 0 Å². The molecule has 3 aromatic rings. The molecule has 5 rings (SSSR count). The Morgan fingerprint density at radius 2 is 2.08 bits per heavy atom. The van der Waals surface area contributed by atoms with Crippen molar-refractivity contribution < 1.29 is 19.0 Å². The minimum atomic E-state index is -0.403. The maximum atomic E-state index is 14.1. The molecular weight excluding hydrogens is 493 g/mol. The van der Waals surface area contributed by atoms with Gasteiger partial charge in [0.25, 0.3) is 5.91 Å². The minimum Gasteiger partial charge on any atom is -0.488 e. The fourth-order valence-electron chi connectivity index (χ4n) is 5.21. The Hall–Kier alpha value is -2.82. The molecule has 1 saturated heterocycles. The monoisotopic (exact) mass is 527 g/mol. The Morgan fingerprint density at radius 3 is 2.89 bits per heavy atom. The fourth-order valence-corrected chi connectivity index (χ4v) is 6.27. The van der Waals surface area contributed by atoms with Crippen LogP contribution >= 0.6 is 11.3 Å². The van der Waals surface area contributed by atoms with Crippen LogP contribution in [0.1, 0.15) is 60.2 Å². The number of likely N-dealkylation sites (tertiary alicyclic amines) is 1. The number of aliphatic hydroxyl groups excluding tert-OH is 1. The summed E-state index contributed by atoms with van der Waals surface area (Å²) in [5.74, 6) is 0.399. The maximum Gasteiger partial charge on any atom is 0.261 e. The number of aliphatic hydroxyl groups is 1. The minimum absolute atomic E-state index is 0.102. The molecule has 1 aliphatic heterocycles. The molecule has 2 fully saturated rings. The average molecular weight is 528 g/mol. The molecule has 1 aromatic carbocycles. The first-order chi connectivity index (χ1) is 18.0. The number of benzene rings is 1. The second kappa shape index (κ2) is 11.7. The van der Waals surface area contributed by atoms with Gasteiger partial charge in [0.1, 0.15) is 34.6 Å². The number of hydrogen-bond donors (Lipinski definition) is 3. The van der Waals surface area contributed by atoms with Crippen molar-refractivity contribution in [2.75, 3.05) is 31.5 Å². The van der Waals surface area contributed by atoms with E-state index in [1.54, 1.807) is 6.07 Å². The van der Waals surface area contributed by atoms with Crippen molar-refractivity contribution >= 4 is 39.0 Å². The first-order valence-electron chi connectivity index (χ1n) is 13.1. The number of ether oxygens (including phenoxy) is 1. The highest BCUT2D eigenvalue weighted by Gasteiger charge is 2.24. The van der Waals surface area contributed by atoms with Gasteiger partial charge in [-0.15, -0.1) is 11.3 Å². The van der Waals surface area contributed by atoms with Gasteiger partial charge in [0.2, 0.25) is 0 Å². The first kappa shape index (κ1) is 25.8. The molecule has 2 aromatic heterocycles. The number of halogens is 1. The number of carbonyl (C=O) groups excluding carboxylic acids is 1. The summed E-state index contributed by atoms with van der Waals surface area (Å²) in [5.41, 5.74) is 1.38. The normalized spacial score (nSPS) is 20.3. The zero-order chi connectivity index (χ0) is 25.8. The molecular formula is C27H34FN5O3S. The molecule has 2 aliphatic rings. The summed E-state index contributed by atoms with van der Waals surface area (Å²) in [5, 5.41) is 17.1. The lowest BCUT2D eigenvalue weighted by Gasteiger charge is -2.27. The van der Waals surface area contributed by atoms with E-state index in [0.717, 1.165) is 56.3 Å². The number of carbonyl (C=O) groups is 1. The fraction of sp³-hybridized carbons (Fsp3) is 0.519. The molecule has 8 nitrogen and oxygen atoms in total. The number of nitrogens with zero attached hydrogens (tertiary/aromatic N) is 3. The molecule has 1 saturated carbocycles. The van der Waals surface area contributed by atoms with E-state index in [9.17, 15) is 14.3 Å². The van der Waals surface area contributed by atoms with Crippen molar-refractivity contribution in [3.63, 3.8) is 0 Å². The van der Waals surface area contributed by atoms with E-state index in [0.29, 0.717) is 39.9 Å². The van der Waals surface area contributed by atoms with Gasteiger partial charge in [0.05, 0.1) is 22.1 Å². The number of hydrogen-bond acceptors (Lipinski definition) is 8. The van der Waals surface area contributed by atoms with Crippen LogP contribution in [0.4, 0.5) is 15.9 Å². The number of rotatable bonds is 9. The number of nitrogens with one attached hydrogen (secondary N) is 2. The van der Waals surface area contributed by atoms with Crippen LogP contribution in [0.15, 0.2) is 24.5 Å². The highest BCUT2D eigenvalue weighted by atomic mass is 32.1. The van der Waals surface area contributed by atoms with E-state index in [-0.39, 0.29) is 12.0 Å². The van der Waals surface area contributed by atoms with Crippen LogP contribution in [0.25, 0.3) is 10.2 Å². The standard InChI is InChI=1S/C27H34FN5O3S/c1-17-23-25(32-21-9-8-18(28)14-22(21)36-20-7-4-6-19(34)15-20)30-16-31-27(23)37-24(17)26(35)29-10-5-13-33-11-2-3-12-33/h8-9,14,16,19-20,34H,2-7,10-13,15H2,1H3,(H,29,35)(H,30,31,32)/t19-,20-/m0/s1. The van der Waals surface area contributed by atoms with E-state index in [1.807, 2.05) is 6.92 Å². The summed E-state index contributed by atoms with van der Waals surface area (Å²) in [6.45, 7) is 5.85. The molecule has 1 aliphatic carbocycles. The van der Waals surface area contributed by atoms with Crippen molar-refractivity contribution in [1.29, 1.82) is 0 Å². The van der Waals surface area contributed by atoms with Crippen LogP contribution in [0.2, 0.25) is 0 Å². The zero-order valence-corrected chi connectivity index (χ0v) is 22.0. The van der Waals surface area contributed by atoms with Gasteiger partial charge >= 0.3 is 0 Å². The van der Waals surface area contributed by atoms with Crippen LogP contribution in [0.5, 0.6) is 5.75 Å². The number of anilines is 2. The van der Waals surface area contributed by atoms with E-state index >= 15 is 0 Å². The average Bonchev–Trinajstić information content (AvgIpc) is 3.52. The molecule has 10 heteroatoms. The van der Waals surface area contributed by atoms with Gasteiger partial charge in [0.15, 0.2) is 0 Å². The Labute approximate surface area is 220 Å². The van der Waals surface area contributed by atoms with Crippen molar-refractivity contribution in [3.05, 3.63) is 40.8 Å². The van der Waals surface area contributed by atoms with E-state index < -0.39 is 11.9 Å². The molecule has 37 heavy (non-hydrogen) atoms. The molecule has 2 atom stereocenters. The molecule has 0 radical (unpaired) electrons. The third kappa shape index (κ3) is 6.19. The number of amides is 1. The molecule has 3 N–H and O–H groups in total. The lowest BCUT2D eigenvalue weighted by Crippen LogP contribution is -2.28. The van der Waals surface area contributed by atoms with Crippen LogP contribution in [-0.4, -0.2) is 64.3 Å². The Morgan fingerprint density at radius 1 is 1.24 bits per heavy atom. The van der Waals surface area contributed by atoms with Crippen LogP contribution < -0.4 is 15.4 Å². The van der Waals surface area contributed by atoms with Crippen molar-refractivity contribution in [3.8, 4) is 5.75 Å². The molecule has 198 valence electrons.